The fourth-order valence-electron chi connectivity index (χ4n) is 5.29. The monoisotopic (exact) mass is 544 g/mol. The van der Waals surface area contributed by atoms with Crippen molar-refractivity contribution in [2.75, 3.05) is 0 Å². The molecule has 5 aromatic rings. The van der Waals surface area contributed by atoms with E-state index in [1.165, 1.54) is 5.56 Å². The lowest BCUT2D eigenvalue weighted by molar-refractivity contribution is 0.0469. The van der Waals surface area contributed by atoms with Crippen LogP contribution in [0.3, 0.4) is 0 Å². The first-order valence-electron chi connectivity index (χ1n) is 13.8. The Morgan fingerprint density at radius 3 is 2.45 bits per heavy atom. The summed E-state index contributed by atoms with van der Waals surface area (Å²) in [5.74, 6) is -0.320. The van der Waals surface area contributed by atoms with Crippen molar-refractivity contribution in [2.45, 2.75) is 52.1 Å². The van der Waals surface area contributed by atoms with Gasteiger partial charge in [0.05, 0.1) is 22.5 Å². The number of hydrogen-bond acceptors (Lipinski definition) is 5. The van der Waals surface area contributed by atoms with E-state index < -0.39 is 0 Å². The third-order valence-electron chi connectivity index (χ3n) is 7.42. The summed E-state index contributed by atoms with van der Waals surface area (Å²) in [6.45, 7) is 6.81. The molecule has 0 saturated carbocycles. The van der Waals surface area contributed by atoms with Gasteiger partial charge in [-0.05, 0) is 59.1 Å². The fraction of sp³-hybridized carbons (Fsp3) is 0.229. The number of carbonyl (C=O) groups is 1. The van der Waals surface area contributed by atoms with Crippen LogP contribution in [-0.4, -0.2) is 15.9 Å². The maximum absolute atomic E-state index is 13.7. The number of fused-ring (bicyclic) bond motifs is 2. The van der Waals surface area contributed by atoms with Crippen molar-refractivity contribution in [2.24, 2.45) is 0 Å². The second kappa shape index (κ2) is 10.8. The van der Waals surface area contributed by atoms with Gasteiger partial charge >= 0.3 is 5.97 Å². The molecule has 200 valence electrons. The molecule has 6 rings (SSSR count). The van der Waals surface area contributed by atoms with Crippen molar-refractivity contribution >= 4 is 39.9 Å². The van der Waals surface area contributed by atoms with E-state index in [2.05, 4.69) is 51.1 Å². The second-order valence-corrected chi connectivity index (χ2v) is 12.2. The molecule has 1 aliphatic rings. The third kappa shape index (κ3) is 5.34. The minimum absolute atomic E-state index is 0.112. The van der Waals surface area contributed by atoms with Crippen LogP contribution in [-0.2, 0) is 23.2 Å². The molecule has 0 radical (unpaired) electrons. The van der Waals surface area contributed by atoms with Crippen LogP contribution in [0, 0.1) is 0 Å². The zero-order chi connectivity index (χ0) is 27.7. The maximum Gasteiger partial charge on any atom is 0.339 e. The number of rotatable bonds is 5. The molecule has 1 aliphatic carbocycles. The second-order valence-electron chi connectivity index (χ2n) is 11.3. The summed E-state index contributed by atoms with van der Waals surface area (Å²) < 4.78 is 5.89. The Balaban J connectivity index is 1.32. The van der Waals surface area contributed by atoms with Gasteiger partial charge in [-0.3, -0.25) is 0 Å². The molecule has 5 heteroatoms. The Morgan fingerprint density at radius 2 is 1.68 bits per heavy atom. The average Bonchev–Trinajstić information content (AvgIpc) is 3.44. The number of aromatic nitrogens is 2. The molecule has 0 unspecified atom stereocenters. The van der Waals surface area contributed by atoms with Gasteiger partial charge in [0.1, 0.15) is 11.6 Å². The number of allylic oxidation sites excluding steroid dienone is 1. The molecule has 0 aliphatic heterocycles. The van der Waals surface area contributed by atoms with Gasteiger partial charge in [-0.1, -0.05) is 93.6 Å². The van der Waals surface area contributed by atoms with Crippen molar-refractivity contribution in [3.63, 3.8) is 0 Å². The van der Waals surface area contributed by atoms with E-state index in [9.17, 15) is 4.79 Å². The summed E-state index contributed by atoms with van der Waals surface area (Å²) in [4.78, 5) is 23.4. The summed E-state index contributed by atoms with van der Waals surface area (Å²) in [6, 6.07) is 26.7. The topological polar surface area (TPSA) is 52.1 Å². The van der Waals surface area contributed by atoms with Crippen LogP contribution in [0.15, 0.2) is 84.2 Å². The fourth-order valence-corrected chi connectivity index (χ4v) is 6.10. The number of para-hydroxylation sites is 1. The molecular formula is C35H32N2O2S. The lowest BCUT2D eigenvalue weighted by atomic mass is 9.85. The molecule has 0 N–H and O–H groups in total. The molecule has 0 fully saturated rings. The molecule has 40 heavy (non-hydrogen) atoms. The first kappa shape index (κ1) is 26.1. The quantitative estimate of drug-likeness (QED) is 0.207. The van der Waals surface area contributed by atoms with Crippen molar-refractivity contribution in [1.29, 1.82) is 0 Å². The number of pyridine rings is 1. The minimum atomic E-state index is -0.320. The molecule has 0 saturated heterocycles. The number of carbonyl (C=O) groups excluding carboxylic acids is 1. The van der Waals surface area contributed by atoms with Gasteiger partial charge in [-0.15, -0.1) is 11.3 Å². The molecule has 2 heterocycles. The summed E-state index contributed by atoms with van der Waals surface area (Å²) in [5, 5.41) is 3.72. The van der Waals surface area contributed by atoms with E-state index in [-0.39, 0.29) is 18.0 Å². The highest BCUT2D eigenvalue weighted by Crippen LogP contribution is 2.37. The Labute approximate surface area is 239 Å². The number of benzene rings is 3. The Hall–Kier alpha value is -4.09. The smallest absolute Gasteiger partial charge is 0.339 e. The summed E-state index contributed by atoms with van der Waals surface area (Å²) >= 11 is 1.56. The highest BCUT2D eigenvalue weighted by Gasteiger charge is 2.26. The molecule has 2 aromatic heterocycles. The predicted octanol–water partition coefficient (Wildman–Crippen LogP) is 8.89. The normalized spacial score (nSPS) is 14.3. The largest absolute Gasteiger partial charge is 0.456 e. The van der Waals surface area contributed by atoms with Crippen LogP contribution in [0.25, 0.3) is 33.1 Å². The number of esters is 1. The van der Waals surface area contributed by atoms with Crippen LogP contribution in [0.5, 0.6) is 0 Å². The lowest BCUT2D eigenvalue weighted by Crippen LogP contribution is -2.15. The van der Waals surface area contributed by atoms with Crippen LogP contribution in [0.4, 0.5) is 0 Å². The number of ether oxygens (including phenoxy) is 1. The Morgan fingerprint density at radius 1 is 0.925 bits per heavy atom. The first-order chi connectivity index (χ1) is 19.4. The molecule has 0 bridgehead atoms. The van der Waals surface area contributed by atoms with E-state index in [0.717, 1.165) is 68.8 Å². The SMILES string of the molecule is CC(C)(C)c1ccc(/C=C2\CCCc3c2nc2ccccc2c3C(=O)OCc2csc(-c3ccccc3)n2)cc1. The number of hydrogen-bond donors (Lipinski definition) is 0. The zero-order valence-corrected chi connectivity index (χ0v) is 23.9. The summed E-state index contributed by atoms with van der Waals surface area (Å²) in [7, 11) is 0. The average molecular weight is 545 g/mol. The molecule has 4 nitrogen and oxygen atoms in total. The van der Waals surface area contributed by atoms with Crippen LogP contribution in [0.1, 0.15) is 72.0 Å². The lowest BCUT2D eigenvalue weighted by Gasteiger charge is -2.23. The van der Waals surface area contributed by atoms with E-state index in [0.29, 0.717) is 5.56 Å². The highest BCUT2D eigenvalue weighted by atomic mass is 32.1. The van der Waals surface area contributed by atoms with E-state index in [4.69, 9.17) is 14.7 Å². The van der Waals surface area contributed by atoms with E-state index in [1.807, 2.05) is 60.0 Å². The molecule has 0 amide bonds. The number of nitrogens with zero attached hydrogens (tertiary/aromatic N) is 2. The summed E-state index contributed by atoms with van der Waals surface area (Å²) in [5.41, 5.74) is 8.88. The minimum Gasteiger partial charge on any atom is -0.456 e. The van der Waals surface area contributed by atoms with Gasteiger partial charge < -0.3 is 4.74 Å². The van der Waals surface area contributed by atoms with Crippen LogP contribution in [0.2, 0.25) is 0 Å². The Bertz CT molecular complexity index is 1710. The standard InChI is InChI=1S/C35H32N2O2S/c1-35(2,3)26-18-16-23(17-19-26)20-25-12-9-14-29-31(28-13-7-8-15-30(28)37-32(25)29)34(38)39-21-27-22-40-33(36-27)24-10-5-4-6-11-24/h4-8,10-11,13,15-20,22H,9,12,14,21H2,1-3H3/b25-20+. The highest BCUT2D eigenvalue weighted by molar-refractivity contribution is 7.13. The van der Waals surface area contributed by atoms with Crippen LogP contribution >= 0.6 is 11.3 Å². The number of thiazole rings is 1. The third-order valence-corrected chi connectivity index (χ3v) is 8.36. The van der Waals surface area contributed by atoms with Crippen molar-refractivity contribution < 1.29 is 9.53 Å². The molecular weight excluding hydrogens is 512 g/mol. The van der Waals surface area contributed by atoms with Crippen molar-refractivity contribution in [3.05, 3.63) is 118 Å². The van der Waals surface area contributed by atoms with Gasteiger partial charge in [-0.2, -0.15) is 0 Å². The van der Waals surface area contributed by atoms with Gasteiger partial charge in [-0.25, -0.2) is 14.8 Å². The molecule has 0 spiro atoms. The van der Waals surface area contributed by atoms with Crippen molar-refractivity contribution in [3.8, 4) is 10.6 Å². The van der Waals surface area contributed by atoms with E-state index >= 15 is 0 Å². The molecule has 0 atom stereocenters. The van der Waals surface area contributed by atoms with Gasteiger partial charge in [0.15, 0.2) is 0 Å². The van der Waals surface area contributed by atoms with Crippen molar-refractivity contribution in [1.82, 2.24) is 9.97 Å². The Kier molecular flexibility index (Phi) is 7.07. The van der Waals surface area contributed by atoms with Crippen LogP contribution < -0.4 is 0 Å². The zero-order valence-electron chi connectivity index (χ0n) is 23.1. The molecule has 3 aromatic carbocycles. The predicted molar refractivity (Wildman–Crippen MR) is 164 cm³/mol. The van der Waals surface area contributed by atoms with Gasteiger partial charge in [0.25, 0.3) is 0 Å². The van der Waals surface area contributed by atoms with E-state index in [1.54, 1.807) is 11.3 Å². The summed E-state index contributed by atoms with van der Waals surface area (Å²) in [6.07, 6.45) is 4.91. The maximum atomic E-state index is 13.7. The van der Waals surface area contributed by atoms with Gasteiger partial charge in [0, 0.05) is 16.3 Å². The van der Waals surface area contributed by atoms with Gasteiger partial charge in [0.2, 0.25) is 0 Å². The first-order valence-corrected chi connectivity index (χ1v) is 14.6.